The molecule has 2 amide bonds. The van der Waals surface area contributed by atoms with Crippen molar-refractivity contribution in [3.05, 3.63) is 48.3 Å². The lowest BCUT2D eigenvalue weighted by atomic mass is 9.88. The van der Waals surface area contributed by atoms with E-state index in [1.54, 1.807) is 4.68 Å². The van der Waals surface area contributed by atoms with Crippen LogP contribution in [-0.2, 0) is 16.6 Å². The van der Waals surface area contributed by atoms with E-state index in [2.05, 4.69) is 15.7 Å². The molecule has 3 heterocycles. The molecule has 2 aliphatic rings. The molecule has 0 spiro atoms. The van der Waals surface area contributed by atoms with Crippen molar-refractivity contribution >= 4 is 17.5 Å². The van der Waals surface area contributed by atoms with Gasteiger partial charge in [-0.15, -0.1) is 0 Å². The molecule has 2 aromatic rings. The summed E-state index contributed by atoms with van der Waals surface area (Å²) in [5.74, 6) is 0.0251. The number of carbonyl (C=O) groups excluding carboxylic acids is 2. The first-order valence-electron chi connectivity index (χ1n) is 9.96. The highest BCUT2D eigenvalue weighted by molar-refractivity contribution is 5.93. The van der Waals surface area contributed by atoms with Crippen molar-refractivity contribution < 1.29 is 9.59 Å². The minimum Gasteiger partial charge on any atom is -0.342 e. The van der Waals surface area contributed by atoms with Crippen molar-refractivity contribution in [3.8, 4) is 0 Å². The lowest BCUT2D eigenvalue weighted by molar-refractivity contribution is -0.138. The fourth-order valence-corrected chi connectivity index (χ4v) is 4.31. The molecular formula is C21H27N5O2. The first kappa shape index (κ1) is 18.7. The fourth-order valence-electron chi connectivity index (χ4n) is 4.31. The molecule has 1 unspecified atom stereocenters. The molecule has 148 valence electrons. The highest BCUT2D eigenvalue weighted by atomic mass is 16.2. The lowest BCUT2D eigenvalue weighted by Crippen LogP contribution is -2.47. The van der Waals surface area contributed by atoms with E-state index in [0.717, 1.165) is 37.2 Å². The normalized spacial score (nSPS) is 24.9. The minimum atomic E-state index is -0.163. The Morgan fingerprint density at radius 3 is 2.79 bits per heavy atom. The van der Waals surface area contributed by atoms with E-state index < -0.39 is 0 Å². The summed E-state index contributed by atoms with van der Waals surface area (Å²) in [6.07, 6.45) is 5.52. The first-order valence-corrected chi connectivity index (χ1v) is 9.96. The molecule has 7 nitrogen and oxygen atoms in total. The molecule has 7 heteroatoms. The fraction of sp³-hybridized carbons (Fsp3) is 0.476. The van der Waals surface area contributed by atoms with Crippen molar-refractivity contribution in [2.24, 2.45) is 18.9 Å². The van der Waals surface area contributed by atoms with Gasteiger partial charge in [0, 0.05) is 51.0 Å². The summed E-state index contributed by atoms with van der Waals surface area (Å²) in [5, 5.41) is 10.6. The molecule has 2 fully saturated rings. The number of rotatable bonds is 4. The number of aryl methyl sites for hydroxylation is 1. The van der Waals surface area contributed by atoms with Gasteiger partial charge in [-0.05, 0) is 30.5 Å². The van der Waals surface area contributed by atoms with Gasteiger partial charge in [-0.25, -0.2) is 0 Å². The van der Waals surface area contributed by atoms with E-state index in [0.29, 0.717) is 13.1 Å². The number of aromatic nitrogens is 2. The van der Waals surface area contributed by atoms with Crippen molar-refractivity contribution in [3.63, 3.8) is 0 Å². The summed E-state index contributed by atoms with van der Waals surface area (Å²) in [5.41, 5.74) is 1.90. The van der Waals surface area contributed by atoms with Crippen LogP contribution in [0.4, 0.5) is 5.69 Å². The standard InChI is InChI=1S/C21H27N5O2/c1-25-13-16(10-23-25)18-11-22-12-19(18)21(28)26-9-5-6-15(14-26)20(27)24-17-7-3-2-4-8-17/h2-4,7-8,10,13,15,18-19,22H,5-6,9,11-12,14H2,1H3,(H,24,27)/t15?,18-,19+/m1/s1. The maximum Gasteiger partial charge on any atom is 0.229 e. The van der Waals surface area contributed by atoms with E-state index in [4.69, 9.17) is 0 Å². The highest BCUT2D eigenvalue weighted by Gasteiger charge is 2.39. The second-order valence-electron chi connectivity index (χ2n) is 7.80. The Kier molecular flexibility index (Phi) is 5.43. The molecule has 2 N–H and O–H groups in total. The molecule has 1 aromatic carbocycles. The predicted octanol–water partition coefficient (Wildman–Crippen LogP) is 1.60. The van der Waals surface area contributed by atoms with Crippen LogP contribution in [0.25, 0.3) is 0 Å². The van der Waals surface area contributed by atoms with E-state index in [-0.39, 0.29) is 29.6 Å². The SMILES string of the molecule is Cn1cc([C@H]2CNC[C@@H]2C(=O)N2CCCC(C(=O)Nc3ccccc3)C2)cn1. The average Bonchev–Trinajstić information content (AvgIpc) is 3.37. The molecule has 0 radical (unpaired) electrons. The van der Waals surface area contributed by atoms with Gasteiger partial charge in [0.2, 0.25) is 11.8 Å². The van der Waals surface area contributed by atoms with Crippen LogP contribution in [0, 0.1) is 11.8 Å². The van der Waals surface area contributed by atoms with Crippen LogP contribution in [-0.4, -0.2) is 52.7 Å². The Labute approximate surface area is 165 Å². The van der Waals surface area contributed by atoms with Gasteiger partial charge in [0.1, 0.15) is 0 Å². The number of benzene rings is 1. The Balaban J connectivity index is 1.41. The van der Waals surface area contributed by atoms with Gasteiger partial charge < -0.3 is 15.5 Å². The van der Waals surface area contributed by atoms with Gasteiger partial charge in [-0.2, -0.15) is 5.10 Å². The van der Waals surface area contributed by atoms with Crippen LogP contribution in [0.15, 0.2) is 42.7 Å². The first-order chi connectivity index (χ1) is 13.6. The molecule has 0 aliphatic carbocycles. The molecule has 0 bridgehead atoms. The monoisotopic (exact) mass is 381 g/mol. The van der Waals surface area contributed by atoms with Crippen molar-refractivity contribution in [2.75, 3.05) is 31.5 Å². The predicted molar refractivity (Wildman–Crippen MR) is 107 cm³/mol. The molecular weight excluding hydrogens is 354 g/mol. The zero-order chi connectivity index (χ0) is 19.5. The number of anilines is 1. The third-order valence-electron chi connectivity index (χ3n) is 5.83. The van der Waals surface area contributed by atoms with E-state index in [1.807, 2.05) is 54.7 Å². The van der Waals surface area contributed by atoms with Crippen molar-refractivity contribution in [2.45, 2.75) is 18.8 Å². The van der Waals surface area contributed by atoms with E-state index in [1.165, 1.54) is 0 Å². The quantitative estimate of drug-likeness (QED) is 0.843. The van der Waals surface area contributed by atoms with Crippen LogP contribution < -0.4 is 10.6 Å². The number of para-hydroxylation sites is 1. The van der Waals surface area contributed by atoms with Gasteiger partial charge in [0.05, 0.1) is 18.0 Å². The van der Waals surface area contributed by atoms with Gasteiger partial charge >= 0.3 is 0 Å². The Morgan fingerprint density at radius 1 is 1.21 bits per heavy atom. The Morgan fingerprint density at radius 2 is 2.04 bits per heavy atom. The van der Waals surface area contributed by atoms with Crippen LogP contribution >= 0.6 is 0 Å². The number of likely N-dealkylation sites (tertiary alicyclic amines) is 1. The van der Waals surface area contributed by atoms with Gasteiger partial charge in [-0.1, -0.05) is 18.2 Å². The number of hydrogen-bond acceptors (Lipinski definition) is 4. The van der Waals surface area contributed by atoms with Gasteiger partial charge in [0.25, 0.3) is 0 Å². The largest absolute Gasteiger partial charge is 0.342 e. The minimum absolute atomic E-state index is 0.00273. The molecule has 28 heavy (non-hydrogen) atoms. The van der Waals surface area contributed by atoms with Gasteiger partial charge in [0.15, 0.2) is 0 Å². The second-order valence-corrected chi connectivity index (χ2v) is 7.80. The summed E-state index contributed by atoms with van der Waals surface area (Å²) in [6, 6.07) is 9.49. The molecule has 0 saturated carbocycles. The zero-order valence-corrected chi connectivity index (χ0v) is 16.2. The van der Waals surface area contributed by atoms with E-state index in [9.17, 15) is 9.59 Å². The summed E-state index contributed by atoms with van der Waals surface area (Å²) in [4.78, 5) is 27.8. The van der Waals surface area contributed by atoms with Crippen LogP contribution in [0.2, 0.25) is 0 Å². The van der Waals surface area contributed by atoms with Crippen molar-refractivity contribution in [1.82, 2.24) is 20.0 Å². The average molecular weight is 381 g/mol. The van der Waals surface area contributed by atoms with Crippen LogP contribution in [0.5, 0.6) is 0 Å². The maximum absolute atomic E-state index is 13.2. The summed E-state index contributed by atoms with van der Waals surface area (Å²) in [7, 11) is 1.89. The molecule has 2 aliphatic heterocycles. The number of nitrogens with zero attached hydrogens (tertiary/aromatic N) is 3. The second kappa shape index (κ2) is 8.14. The molecule has 1 aromatic heterocycles. The smallest absolute Gasteiger partial charge is 0.229 e. The van der Waals surface area contributed by atoms with Crippen LogP contribution in [0.3, 0.4) is 0 Å². The van der Waals surface area contributed by atoms with Crippen molar-refractivity contribution in [1.29, 1.82) is 0 Å². The maximum atomic E-state index is 13.2. The zero-order valence-electron chi connectivity index (χ0n) is 16.2. The third kappa shape index (κ3) is 3.94. The van der Waals surface area contributed by atoms with Crippen LogP contribution in [0.1, 0.15) is 24.3 Å². The summed E-state index contributed by atoms with van der Waals surface area (Å²) < 4.78 is 1.78. The van der Waals surface area contributed by atoms with E-state index >= 15 is 0 Å². The number of carbonyl (C=O) groups is 2. The number of hydrogen-bond donors (Lipinski definition) is 2. The summed E-state index contributed by atoms with van der Waals surface area (Å²) in [6.45, 7) is 2.68. The van der Waals surface area contributed by atoms with Gasteiger partial charge in [-0.3, -0.25) is 14.3 Å². The summed E-state index contributed by atoms with van der Waals surface area (Å²) >= 11 is 0. The molecule has 4 rings (SSSR count). The number of nitrogens with one attached hydrogen (secondary N) is 2. The Bertz CT molecular complexity index is 834. The molecule has 3 atom stereocenters. The highest BCUT2D eigenvalue weighted by Crippen LogP contribution is 2.31. The molecule has 2 saturated heterocycles. The number of amides is 2. The third-order valence-corrected chi connectivity index (χ3v) is 5.83. The lowest BCUT2D eigenvalue weighted by Gasteiger charge is -2.34. The topological polar surface area (TPSA) is 79.3 Å². The Hall–Kier alpha value is -2.67. The number of piperidine rings is 1.